The molecular weight excluding hydrogens is 441 g/mol. The largest absolute Gasteiger partial charge is 0.465 e. The van der Waals surface area contributed by atoms with Gasteiger partial charge in [-0.2, -0.15) is 10.5 Å². The number of pyridine rings is 1. The van der Waals surface area contributed by atoms with Crippen molar-refractivity contribution < 1.29 is 14.3 Å². The van der Waals surface area contributed by atoms with Gasteiger partial charge in [0.2, 0.25) is 0 Å². The van der Waals surface area contributed by atoms with Gasteiger partial charge in [-0.3, -0.25) is 0 Å². The molecule has 9 heteroatoms. The molecule has 1 N–H and O–H groups in total. The van der Waals surface area contributed by atoms with Crippen LogP contribution in [0.5, 0.6) is 0 Å². The second-order valence-corrected chi connectivity index (χ2v) is 7.56. The minimum atomic E-state index is -0.965. The highest BCUT2D eigenvalue weighted by atomic mass is 79.9. The number of hydrogen-bond acceptors (Lipinski definition) is 5. The van der Waals surface area contributed by atoms with Crippen LogP contribution >= 0.6 is 15.9 Å². The second kappa shape index (κ2) is 8.46. The number of rotatable bonds is 3. The lowest BCUT2D eigenvalue weighted by Crippen LogP contribution is -2.45. The Morgan fingerprint density at radius 1 is 1.34 bits per heavy atom. The molecule has 0 bridgehead atoms. The van der Waals surface area contributed by atoms with Crippen molar-refractivity contribution in [1.29, 1.82) is 10.5 Å². The Bertz CT molecular complexity index is 1040. The van der Waals surface area contributed by atoms with Crippen LogP contribution in [0.15, 0.2) is 28.9 Å². The molecule has 1 aromatic carbocycles. The van der Waals surface area contributed by atoms with Crippen LogP contribution in [0.4, 0.5) is 15.0 Å². The van der Waals surface area contributed by atoms with E-state index in [4.69, 9.17) is 10.4 Å². The average molecular weight is 458 g/mol. The standard InChI is InChI=1S/C20H17BrFN5O2/c1-26(20(28)29)14-4-6-27(7-5-14)19-15(10-24)18(16(21)11-25-19)12-2-3-13(9-23)17(22)8-12/h2-3,8,11,14H,4-7H2,1H3,(H,28,29). The Labute approximate surface area is 175 Å². The van der Waals surface area contributed by atoms with Crippen LogP contribution in [-0.4, -0.2) is 47.3 Å². The number of benzene rings is 1. The van der Waals surface area contributed by atoms with Crippen molar-refractivity contribution in [1.82, 2.24) is 9.88 Å². The van der Waals surface area contributed by atoms with E-state index in [1.807, 2.05) is 4.90 Å². The maximum Gasteiger partial charge on any atom is 0.407 e. The molecule has 1 saturated heterocycles. The first-order chi connectivity index (χ1) is 13.9. The molecule has 29 heavy (non-hydrogen) atoms. The van der Waals surface area contributed by atoms with Crippen molar-refractivity contribution in [2.45, 2.75) is 18.9 Å². The summed E-state index contributed by atoms with van der Waals surface area (Å²) in [7, 11) is 1.55. The van der Waals surface area contributed by atoms with E-state index in [-0.39, 0.29) is 11.6 Å². The van der Waals surface area contributed by atoms with Gasteiger partial charge in [0.15, 0.2) is 0 Å². The first kappa shape index (κ1) is 20.6. The number of nitriles is 2. The Kier molecular flexibility index (Phi) is 6.00. The van der Waals surface area contributed by atoms with Gasteiger partial charge < -0.3 is 14.9 Å². The molecule has 1 amide bonds. The maximum atomic E-state index is 14.1. The third-order valence-electron chi connectivity index (χ3n) is 5.12. The van der Waals surface area contributed by atoms with Crippen molar-refractivity contribution in [3.63, 3.8) is 0 Å². The van der Waals surface area contributed by atoms with Gasteiger partial charge in [-0.25, -0.2) is 14.2 Å². The maximum absolute atomic E-state index is 14.1. The molecule has 2 heterocycles. The van der Waals surface area contributed by atoms with Crippen molar-refractivity contribution in [3.8, 4) is 23.3 Å². The van der Waals surface area contributed by atoms with Gasteiger partial charge >= 0.3 is 6.09 Å². The summed E-state index contributed by atoms with van der Waals surface area (Å²) in [6.07, 6.45) is 1.84. The van der Waals surface area contributed by atoms with E-state index >= 15 is 0 Å². The van der Waals surface area contributed by atoms with Crippen LogP contribution < -0.4 is 4.90 Å². The highest BCUT2D eigenvalue weighted by Crippen LogP contribution is 2.37. The van der Waals surface area contributed by atoms with Crippen molar-refractivity contribution >= 4 is 27.8 Å². The monoisotopic (exact) mass is 457 g/mol. The number of nitrogens with zero attached hydrogens (tertiary/aromatic N) is 5. The van der Waals surface area contributed by atoms with E-state index in [0.717, 1.165) is 0 Å². The van der Waals surface area contributed by atoms with E-state index in [1.165, 1.54) is 17.0 Å². The molecule has 3 rings (SSSR count). The van der Waals surface area contributed by atoms with Crippen molar-refractivity contribution in [3.05, 3.63) is 45.8 Å². The van der Waals surface area contributed by atoms with Crippen LogP contribution in [0.25, 0.3) is 11.1 Å². The van der Waals surface area contributed by atoms with Gasteiger partial charge in [0.25, 0.3) is 0 Å². The first-order valence-corrected chi connectivity index (χ1v) is 9.66. The normalized spacial score (nSPS) is 14.2. The molecule has 0 radical (unpaired) electrons. The Balaban J connectivity index is 1.96. The number of aromatic nitrogens is 1. The molecular formula is C20H17BrFN5O2. The molecule has 7 nitrogen and oxygen atoms in total. The SMILES string of the molecule is CN(C(=O)O)C1CCN(c2ncc(Br)c(-c3ccc(C#N)c(F)c3)c2C#N)CC1. The van der Waals surface area contributed by atoms with Crippen LogP contribution in [0.3, 0.4) is 0 Å². The molecule has 2 aromatic rings. The van der Waals surface area contributed by atoms with E-state index in [2.05, 4.69) is 27.0 Å². The topological polar surface area (TPSA) is 104 Å². The van der Waals surface area contributed by atoms with E-state index in [9.17, 15) is 14.4 Å². The van der Waals surface area contributed by atoms with Crippen LogP contribution in [-0.2, 0) is 0 Å². The zero-order valence-corrected chi connectivity index (χ0v) is 17.1. The molecule has 0 aliphatic carbocycles. The number of piperidine rings is 1. The van der Waals surface area contributed by atoms with Gasteiger partial charge in [0.05, 0.1) is 5.56 Å². The number of hydrogen-bond donors (Lipinski definition) is 1. The Morgan fingerprint density at radius 2 is 2.03 bits per heavy atom. The lowest BCUT2D eigenvalue weighted by atomic mass is 9.98. The number of anilines is 1. The quantitative estimate of drug-likeness (QED) is 0.747. The predicted molar refractivity (Wildman–Crippen MR) is 108 cm³/mol. The van der Waals surface area contributed by atoms with E-state index in [1.54, 1.807) is 25.4 Å². The van der Waals surface area contributed by atoms with Crippen LogP contribution in [0.2, 0.25) is 0 Å². The summed E-state index contributed by atoms with van der Waals surface area (Å²) in [6, 6.07) is 8.08. The zero-order chi connectivity index (χ0) is 21.1. The van der Waals surface area contributed by atoms with E-state index < -0.39 is 11.9 Å². The summed E-state index contributed by atoms with van der Waals surface area (Å²) in [4.78, 5) is 18.8. The second-order valence-electron chi connectivity index (χ2n) is 6.71. The lowest BCUT2D eigenvalue weighted by molar-refractivity contribution is 0.131. The van der Waals surface area contributed by atoms with Crippen LogP contribution in [0, 0.1) is 28.5 Å². The minimum absolute atomic E-state index is 0.0673. The molecule has 0 spiro atoms. The highest BCUT2D eigenvalue weighted by molar-refractivity contribution is 9.10. The van der Waals surface area contributed by atoms with Gasteiger partial charge in [-0.1, -0.05) is 6.07 Å². The molecule has 148 valence electrons. The molecule has 0 saturated carbocycles. The lowest BCUT2D eigenvalue weighted by Gasteiger charge is -2.36. The summed E-state index contributed by atoms with van der Waals surface area (Å²) >= 11 is 3.40. The summed E-state index contributed by atoms with van der Waals surface area (Å²) < 4.78 is 14.7. The average Bonchev–Trinajstić information content (AvgIpc) is 2.72. The van der Waals surface area contributed by atoms with Crippen molar-refractivity contribution in [2.24, 2.45) is 0 Å². The molecule has 1 aliphatic rings. The molecule has 0 unspecified atom stereocenters. The van der Waals surface area contributed by atoms with Gasteiger partial charge in [-0.15, -0.1) is 0 Å². The third kappa shape index (κ3) is 4.01. The number of amides is 1. The summed E-state index contributed by atoms with van der Waals surface area (Å²) in [5.74, 6) is -0.177. The molecule has 1 fully saturated rings. The molecule has 1 aromatic heterocycles. The van der Waals surface area contributed by atoms with Gasteiger partial charge in [-0.05, 0) is 46.5 Å². The number of carboxylic acid groups (broad SMARTS) is 1. The van der Waals surface area contributed by atoms with Crippen molar-refractivity contribution in [2.75, 3.05) is 25.0 Å². The zero-order valence-electron chi connectivity index (χ0n) is 15.6. The van der Waals surface area contributed by atoms with Gasteiger partial charge in [0, 0.05) is 42.4 Å². The molecule has 1 aliphatic heterocycles. The fourth-order valence-electron chi connectivity index (χ4n) is 3.49. The summed E-state index contributed by atoms with van der Waals surface area (Å²) in [6.45, 7) is 1.10. The number of carbonyl (C=O) groups is 1. The predicted octanol–water partition coefficient (Wildman–Crippen LogP) is 3.97. The van der Waals surface area contributed by atoms with Crippen LogP contribution in [0.1, 0.15) is 24.0 Å². The smallest absolute Gasteiger partial charge is 0.407 e. The summed E-state index contributed by atoms with van der Waals surface area (Å²) in [5, 5.41) is 27.9. The Hall–Kier alpha value is -3.17. The fourth-order valence-corrected chi connectivity index (χ4v) is 4.02. The highest BCUT2D eigenvalue weighted by Gasteiger charge is 2.28. The number of halogens is 2. The van der Waals surface area contributed by atoms with E-state index in [0.29, 0.717) is 52.9 Å². The third-order valence-corrected chi connectivity index (χ3v) is 5.72. The first-order valence-electron chi connectivity index (χ1n) is 8.86. The summed E-state index contributed by atoms with van der Waals surface area (Å²) in [5.41, 5.74) is 1.20. The fraction of sp³-hybridized carbons (Fsp3) is 0.300. The minimum Gasteiger partial charge on any atom is -0.465 e. The molecule has 0 atom stereocenters. The Morgan fingerprint density at radius 3 is 2.59 bits per heavy atom. The van der Waals surface area contributed by atoms with Gasteiger partial charge in [0.1, 0.15) is 29.3 Å².